The molecule has 3 N–H and O–H groups in total. The topological polar surface area (TPSA) is 90.9 Å². The standard InChI is InChI=1S/C15H14N4O2.ClH/c1-9(12-6-10-4-5-16-14(10)18-8-12)19-13-3-2-11(7-17-13)15(20)21;/h2-9H,1H3,(H,16,18)(H,17,19)(H,20,21);1H/t9-;/m0./s1. The molecule has 114 valence electrons. The van der Waals surface area contributed by atoms with Gasteiger partial charge in [-0.05, 0) is 36.8 Å². The molecule has 0 aliphatic carbocycles. The molecule has 0 amide bonds. The highest BCUT2D eigenvalue weighted by molar-refractivity contribution is 5.87. The molecule has 1 atom stereocenters. The van der Waals surface area contributed by atoms with Crippen LogP contribution >= 0.6 is 12.4 Å². The minimum absolute atomic E-state index is 0. The molecule has 3 heterocycles. The van der Waals surface area contributed by atoms with Gasteiger partial charge >= 0.3 is 5.97 Å². The number of aromatic nitrogens is 3. The Morgan fingerprint density at radius 2 is 2.09 bits per heavy atom. The van der Waals surface area contributed by atoms with Gasteiger partial charge in [0.2, 0.25) is 0 Å². The second-order valence-corrected chi connectivity index (χ2v) is 4.79. The number of halogens is 1. The fourth-order valence-electron chi connectivity index (χ4n) is 2.10. The van der Waals surface area contributed by atoms with Crippen LogP contribution in [0.1, 0.15) is 28.9 Å². The van der Waals surface area contributed by atoms with Gasteiger partial charge in [0.25, 0.3) is 0 Å². The smallest absolute Gasteiger partial charge is 0.337 e. The predicted molar refractivity (Wildman–Crippen MR) is 86.6 cm³/mol. The molecule has 6 nitrogen and oxygen atoms in total. The number of aromatic carboxylic acids is 1. The van der Waals surface area contributed by atoms with E-state index in [-0.39, 0.29) is 24.0 Å². The fraction of sp³-hybridized carbons (Fsp3) is 0.133. The predicted octanol–water partition coefficient (Wildman–Crippen LogP) is 3.25. The van der Waals surface area contributed by atoms with Crippen molar-refractivity contribution >= 4 is 35.2 Å². The lowest BCUT2D eigenvalue weighted by Gasteiger charge is -2.14. The Hall–Kier alpha value is -2.60. The van der Waals surface area contributed by atoms with E-state index in [1.807, 2.05) is 25.4 Å². The highest BCUT2D eigenvalue weighted by Crippen LogP contribution is 2.20. The number of carboxylic acid groups (broad SMARTS) is 1. The minimum Gasteiger partial charge on any atom is -0.478 e. The Labute approximate surface area is 133 Å². The zero-order valence-corrected chi connectivity index (χ0v) is 12.6. The molecule has 0 spiro atoms. The third-order valence-corrected chi connectivity index (χ3v) is 3.30. The maximum atomic E-state index is 10.8. The molecular weight excluding hydrogens is 304 g/mol. The Balaban J connectivity index is 0.00000176. The molecule has 22 heavy (non-hydrogen) atoms. The van der Waals surface area contributed by atoms with Crippen LogP contribution in [0.2, 0.25) is 0 Å². The molecule has 3 rings (SSSR count). The van der Waals surface area contributed by atoms with Crippen molar-refractivity contribution in [1.82, 2.24) is 15.0 Å². The SMILES string of the molecule is C[C@H](Nc1ccc(C(=O)O)cn1)c1cnc2[nH]ccc2c1.Cl. The summed E-state index contributed by atoms with van der Waals surface area (Å²) in [6.45, 7) is 2.00. The lowest BCUT2D eigenvalue weighted by atomic mass is 10.1. The largest absolute Gasteiger partial charge is 0.478 e. The van der Waals surface area contributed by atoms with Gasteiger partial charge in [0.15, 0.2) is 0 Å². The van der Waals surface area contributed by atoms with Gasteiger partial charge in [0.05, 0.1) is 11.6 Å². The maximum Gasteiger partial charge on any atom is 0.337 e. The number of anilines is 1. The highest BCUT2D eigenvalue weighted by atomic mass is 35.5. The number of rotatable bonds is 4. The molecule has 7 heteroatoms. The van der Waals surface area contributed by atoms with Gasteiger partial charge < -0.3 is 15.4 Å². The summed E-state index contributed by atoms with van der Waals surface area (Å²) < 4.78 is 0. The molecule has 3 aromatic heterocycles. The zero-order valence-electron chi connectivity index (χ0n) is 11.8. The summed E-state index contributed by atoms with van der Waals surface area (Å²) in [6.07, 6.45) is 5.00. The molecule has 0 aromatic carbocycles. The second kappa shape index (κ2) is 6.44. The van der Waals surface area contributed by atoms with E-state index in [2.05, 4.69) is 26.3 Å². The Morgan fingerprint density at radius 3 is 2.77 bits per heavy atom. The molecule has 3 aromatic rings. The number of aromatic amines is 1. The van der Waals surface area contributed by atoms with Crippen LogP contribution in [-0.2, 0) is 0 Å². The van der Waals surface area contributed by atoms with Gasteiger partial charge in [-0.2, -0.15) is 0 Å². The van der Waals surface area contributed by atoms with Crippen molar-refractivity contribution < 1.29 is 9.90 Å². The zero-order chi connectivity index (χ0) is 14.8. The molecule has 0 radical (unpaired) electrons. The first-order valence-corrected chi connectivity index (χ1v) is 6.52. The Kier molecular flexibility index (Phi) is 4.62. The molecule has 0 unspecified atom stereocenters. The maximum absolute atomic E-state index is 10.8. The van der Waals surface area contributed by atoms with Gasteiger partial charge in [0, 0.05) is 24.0 Å². The molecule has 0 saturated heterocycles. The van der Waals surface area contributed by atoms with Crippen molar-refractivity contribution in [3.8, 4) is 0 Å². The van der Waals surface area contributed by atoms with Gasteiger partial charge in [-0.15, -0.1) is 12.4 Å². The fourth-order valence-corrected chi connectivity index (χ4v) is 2.10. The number of pyridine rings is 2. The average Bonchev–Trinajstić information content (AvgIpc) is 2.95. The van der Waals surface area contributed by atoms with E-state index in [1.165, 1.54) is 12.3 Å². The van der Waals surface area contributed by atoms with E-state index in [0.29, 0.717) is 5.82 Å². The van der Waals surface area contributed by atoms with Crippen LogP contribution < -0.4 is 5.32 Å². The first kappa shape index (κ1) is 15.8. The third kappa shape index (κ3) is 3.17. The molecule has 0 saturated carbocycles. The molecule has 0 aliphatic heterocycles. The molecule has 0 bridgehead atoms. The van der Waals surface area contributed by atoms with E-state index < -0.39 is 5.97 Å². The van der Waals surface area contributed by atoms with Gasteiger partial charge in [0.1, 0.15) is 11.5 Å². The van der Waals surface area contributed by atoms with Crippen molar-refractivity contribution in [3.05, 3.63) is 54.0 Å². The van der Waals surface area contributed by atoms with E-state index in [1.54, 1.807) is 6.07 Å². The summed E-state index contributed by atoms with van der Waals surface area (Å²) in [7, 11) is 0. The molecule has 0 fully saturated rings. The van der Waals surface area contributed by atoms with Crippen LogP contribution in [0.15, 0.2) is 42.9 Å². The lowest BCUT2D eigenvalue weighted by Crippen LogP contribution is -2.08. The van der Waals surface area contributed by atoms with Crippen molar-refractivity contribution in [2.45, 2.75) is 13.0 Å². The summed E-state index contributed by atoms with van der Waals surface area (Å²) >= 11 is 0. The summed E-state index contributed by atoms with van der Waals surface area (Å²) in [5.41, 5.74) is 2.06. The summed E-state index contributed by atoms with van der Waals surface area (Å²) in [6, 6.07) is 7.22. The van der Waals surface area contributed by atoms with E-state index in [0.717, 1.165) is 16.6 Å². The average molecular weight is 319 g/mol. The molecule has 0 aliphatic rings. The lowest BCUT2D eigenvalue weighted by molar-refractivity contribution is 0.0696. The van der Waals surface area contributed by atoms with E-state index in [9.17, 15) is 4.79 Å². The summed E-state index contributed by atoms with van der Waals surface area (Å²) in [4.78, 5) is 22.3. The van der Waals surface area contributed by atoms with Crippen molar-refractivity contribution in [2.24, 2.45) is 0 Å². The van der Waals surface area contributed by atoms with Gasteiger partial charge in [-0.1, -0.05) is 0 Å². The number of hydrogen-bond acceptors (Lipinski definition) is 4. The number of carbonyl (C=O) groups is 1. The van der Waals surface area contributed by atoms with Gasteiger partial charge in [-0.3, -0.25) is 0 Å². The van der Waals surface area contributed by atoms with E-state index >= 15 is 0 Å². The number of hydrogen-bond donors (Lipinski definition) is 3. The first-order chi connectivity index (χ1) is 10.1. The second-order valence-electron chi connectivity index (χ2n) is 4.79. The Bertz CT molecular complexity index is 786. The van der Waals surface area contributed by atoms with Crippen LogP contribution in [0.5, 0.6) is 0 Å². The monoisotopic (exact) mass is 318 g/mol. The van der Waals surface area contributed by atoms with Crippen molar-refractivity contribution in [1.29, 1.82) is 0 Å². The van der Waals surface area contributed by atoms with Crippen LogP contribution in [0.4, 0.5) is 5.82 Å². The number of nitrogens with one attached hydrogen (secondary N) is 2. The Morgan fingerprint density at radius 1 is 1.27 bits per heavy atom. The van der Waals surface area contributed by atoms with Crippen LogP contribution in [0.25, 0.3) is 11.0 Å². The van der Waals surface area contributed by atoms with Crippen LogP contribution in [0, 0.1) is 0 Å². The molecular formula is C15H15ClN4O2. The number of H-pyrrole nitrogens is 1. The first-order valence-electron chi connectivity index (χ1n) is 6.52. The van der Waals surface area contributed by atoms with E-state index in [4.69, 9.17) is 5.11 Å². The summed E-state index contributed by atoms with van der Waals surface area (Å²) in [5.74, 6) is -0.356. The number of fused-ring (bicyclic) bond motifs is 1. The highest BCUT2D eigenvalue weighted by Gasteiger charge is 2.09. The summed E-state index contributed by atoms with van der Waals surface area (Å²) in [5, 5.41) is 13.1. The normalized spacial score (nSPS) is 11.7. The third-order valence-electron chi connectivity index (χ3n) is 3.30. The van der Waals surface area contributed by atoms with Gasteiger partial charge in [-0.25, -0.2) is 14.8 Å². The van der Waals surface area contributed by atoms with Crippen LogP contribution in [-0.4, -0.2) is 26.0 Å². The van der Waals surface area contributed by atoms with Crippen LogP contribution in [0.3, 0.4) is 0 Å². The minimum atomic E-state index is -0.982. The number of nitrogens with zero attached hydrogens (tertiary/aromatic N) is 2. The quantitative estimate of drug-likeness (QED) is 0.687. The van der Waals surface area contributed by atoms with Crippen molar-refractivity contribution in [2.75, 3.05) is 5.32 Å². The van der Waals surface area contributed by atoms with Crippen molar-refractivity contribution in [3.63, 3.8) is 0 Å². The number of carboxylic acids is 1.